The van der Waals surface area contributed by atoms with Gasteiger partial charge in [-0.05, 0) is 25.5 Å². The van der Waals surface area contributed by atoms with E-state index in [-0.39, 0.29) is 35.8 Å². The smallest absolute Gasteiger partial charge is 0.407 e. The average Bonchev–Trinajstić information content (AvgIpc) is 2.97. The number of carbonyl (C=O) groups excluding carboxylic acids is 1. The zero-order valence-electron chi connectivity index (χ0n) is 15.3. The fourth-order valence-corrected chi connectivity index (χ4v) is 2.89. The molecule has 0 atom stereocenters. The summed E-state index contributed by atoms with van der Waals surface area (Å²) in [6, 6.07) is 8.26. The van der Waals surface area contributed by atoms with Gasteiger partial charge in [-0.25, -0.2) is 4.79 Å². The molecule has 0 unspecified atom stereocenters. The van der Waals surface area contributed by atoms with E-state index in [1.807, 2.05) is 0 Å². The number of aromatic nitrogens is 1. The van der Waals surface area contributed by atoms with Crippen molar-refractivity contribution in [2.24, 2.45) is 0 Å². The van der Waals surface area contributed by atoms with Crippen LogP contribution in [-0.4, -0.2) is 20.3 Å². The van der Waals surface area contributed by atoms with Gasteiger partial charge in [0.25, 0.3) is 11.4 Å². The number of nitrogens with one attached hydrogen (secondary N) is 1. The van der Waals surface area contributed by atoms with Gasteiger partial charge in [-0.1, -0.05) is 6.07 Å². The molecule has 0 saturated carbocycles. The van der Waals surface area contributed by atoms with Gasteiger partial charge in [0, 0.05) is 36.3 Å². The SMILES string of the molecule is Cc1ccc(NC(=O)CCCn2c(=O)oc3cc([N+](=O)[O-])ccc32)cc1[N+](=O)[O-]. The van der Waals surface area contributed by atoms with E-state index in [1.165, 1.54) is 28.8 Å². The maximum atomic E-state index is 12.1. The predicted octanol–water partition coefficient (Wildman–Crippen LogP) is 3.14. The van der Waals surface area contributed by atoms with Gasteiger partial charge in [-0.15, -0.1) is 0 Å². The molecule has 0 fully saturated rings. The summed E-state index contributed by atoms with van der Waals surface area (Å²) >= 11 is 0. The predicted molar refractivity (Wildman–Crippen MR) is 103 cm³/mol. The van der Waals surface area contributed by atoms with Crippen molar-refractivity contribution in [1.82, 2.24) is 4.57 Å². The summed E-state index contributed by atoms with van der Waals surface area (Å²) in [5.74, 6) is -1.03. The third-order valence-electron chi connectivity index (χ3n) is 4.34. The molecule has 3 rings (SSSR count). The highest BCUT2D eigenvalue weighted by atomic mass is 16.6. The second kappa shape index (κ2) is 7.92. The van der Waals surface area contributed by atoms with E-state index < -0.39 is 15.6 Å². The monoisotopic (exact) mass is 400 g/mol. The van der Waals surface area contributed by atoms with Crippen molar-refractivity contribution in [3.8, 4) is 0 Å². The van der Waals surface area contributed by atoms with Gasteiger partial charge in [-0.2, -0.15) is 0 Å². The number of aryl methyl sites for hydroxylation is 2. The molecule has 0 aliphatic rings. The lowest BCUT2D eigenvalue weighted by molar-refractivity contribution is -0.385. The molecule has 0 saturated heterocycles. The van der Waals surface area contributed by atoms with Crippen molar-refractivity contribution < 1.29 is 19.1 Å². The Balaban J connectivity index is 1.64. The highest BCUT2D eigenvalue weighted by Crippen LogP contribution is 2.23. The van der Waals surface area contributed by atoms with E-state index in [2.05, 4.69) is 5.32 Å². The second-order valence-corrected chi connectivity index (χ2v) is 6.34. The normalized spacial score (nSPS) is 10.8. The molecule has 2 aromatic carbocycles. The first kappa shape index (κ1) is 19.7. The van der Waals surface area contributed by atoms with Crippen molar-refractivity contribution in [2.75, 3.05) is 5.32 Å². The number of oxazole rings is 1. The number of amides is 1. The number of nitro benzene ring substituents is 2. The summed E-state index contributed by atoms with van der Waals surface area (Å²) in [5.41, 5.74) is 1.01. The van der Waals surface area contributed by atoms with E-state index in [0.29, 0.717) is 23.2 Å². The van der Waals surface area contributed by atoms with Gasteiger partial charge >= 0.3 is 5.76 Å². The molecule has 0 aliphatic carbocycles. The quantitative estimate of drug-likeness (QED) is 0.472. The van der Waals surface area contributed by atoms with Crippen molar-refractivity contribution in [3.05, 3.63) is 72.7 Å². The van der Waals surface area contributed by atoms with Crippen LogP contribution in [0.3, 0.4) is 0 Å². The van der Waals surface area contributed by atoms with Crippen LogP contribution in [0, 0.1) is 27.2 Å². The fourth-order valence-electron chi connectivity index (χ4n) is 2.89. The molecular weight excluding hydrogens is 384 g/mol. The van der Waals surface area contributed by atoms with Gasteiger partial charge < -0.3 is 9.73 Å². The lowest BCUT2D eigenvalue weighted by Crippen LogP contribution is -2.17. The number of anilines is 1. The molecule has 29 heavy (non-hydrogen) atoms. The molecule has 1 heterocycles. The van der Waals surface area contributed by atoms with Crippen LogP contribution in [0.4, 0.5) is 17.1 Å². The Morgan fingerprint density at radius 1 is 1.14 bits per heavy atom. The molecule has 0 spiro atoms. The van der Waals surface area contributed by atoms with Crippen LogP contribution in [0.2, 0.25) is 0 Å². The lowest BCUT2D eigenvalue weighted by Gasteiger charge is -2.06. The minimum Gasteiger partial charge on any atom is -0.407 e. The van der Waals surface area contributed by atoms with Crippen molar-refractivity contribution >= 4 is 34.1 Å². The summed E-state index contributed by atoms with van der Waals surface area (Å²) in [6.45, 7) is 1.77. The molecule has 11 heteroatoms. The third kappa shape index (κ3) is 4.29. The van der Waals surface area contributed by atoms with Crippen LogP contribution in [0.25, 0.3) is 11.1 Å². The number of nitro groups is 2. The van der Waals surface area contributed by atoms with Gasteiger partial charge in [0.05, 0.1) is 21.4 Å². The third-order valence-corrected chi connectivity index (χ3v) is 4.34. The Bertz CT molecular complexity index is 1180. The molecule has 1 N–H and O–H groups in total. The van der Waals surface area contributed by atoms with Crippen molar-refractivity contribution in [1.29, 1.82) is 0 Å². The number of carbonyl (C=O) groups is 1. The molecule has 0 aliphatic heterocycles. The Morgan fingerprint density at radius 3 is 2.59 bits per heavy atom. The summed E-state index contributed by atoms with van der Waals surface area (Å²) in [6.07, 6.45) is 0.360. The van der Waals surface area contributed by atoms with E-state index in [4.69, 9.17) is 4.42 Å². The van der Waals surface area contributed by atoms with Gasteiger partial charge in [0.1, 0.15) is 0 Å². The van der Waals surface area contributed by atoms with Crippen molar-refractivity contribution in [2.45, 2.75) is 26.3 Å². The van der Waals surface area contributed by atoms with Crippen LogP contribution in [-0.2, 0) is 11.3 Å². The summed E-state index contributed by atoms with van der Waals surface area (Å²) < 4.78 is 6.32. The topological polar surface area (TPSA) is 151 Å². The zero-order chi connectivity index (χ0) is 21.1. The van der Waals surface area contributed by atoms with E-state index in [0.717, 1.165) is 0 Å². The maximum absolute atomic E-state index is 12.1. The largest absolute Gasteiger partial charge is 0.419 e. The molecule has 0 bridgehead atoms. The van der Waals surface area contributed by atoms with Crippen LogP contribution in [0.15, 0.2) is 45.6 Å². The highest BCUT2D eigenvalue weighted by molar-refractivity contribution is 5.91. The highest BCUT2D eigenvalue weighted by Gasteiger charge is 2.15. The molecular formula is C18H16N4O7. The molecule has 0 radical (unpaired) electrons. The number of non-ortho nitro benzene ring substituents is 1. The van der Waals surface area contributed by atoms with Gasteiger partial charge in [0.2, 0.25) is 5.91 Å². The first-order chi connectivity index (χ1) is 13.8. The van der Waals surface area contributed by atoms with E-state index in [1.54, 1.807) is 19.1 Å². The maximum Gasteiger partial charge on any atom is 0.419 e. The molecule has 11 nitrogen and oxygen atoms in total. The summed E-state index contributed by atoms with van der Waals surface area (Å²) in [4.78, 5) is 44.8. The van der Waals surface area contributed by atoms with Gasteiger partial charge in [0.15, 0.2) is 5.58 Å². The average molecular weight is 400 g/mol. The number of nitrogens with zero attached hydrogens (tertiary/aromatic N) is 3. The number of hydrogen-bond acceptors (Lipinski definition) is 7. The second-order valence-electron chi connectivity index (χ2n) is 6.34. The fraction of sp³-hybridized carbons (Fsp3) is 0.222. The summed E-state index contributed by atoms with van der Waals surface area (Å²) in [5, 5.41) is 24.4. The van der Waals surface area contributed by atoms with Gasteiger partial charge in [-0.3, -0.25) is 29.6 Å². The number of hydrogen-bond donors (Lipinski definition) is 1. The minimum atomic E-state index is -0.671. The molecule has 150 valence electrons. The van der Waals surface area contributed by atoms with E-state index >= 15 is 0 Å². The lowest BCUT2D eigenvalue weighted by atomic mass is 10.2. The number of benzene rings is 2. The van der Waals surface area contributed by atoms with Crippen LogP contribution >= 0.6 is 0 Å². The number of rotatable bonds is 7. The van der Waals surface area contributed by atoms with Crippen LogP contribution in [0.1, 0.15) is 18.4 Å². The van der Waals surface area contributed by atoms with Crippen molar-refractivity contribution in [3.63, 3.8) is 0 Å². The van der Waals surface area contributed by atoms with Crippen LogP contribution in [0.5, 0.6) is 0 Å². The van der Waals surface area contributed by atoms with E-state index in [9.17, 15) is 29.8 Å². The minimum absolute atomic E-state index is 0.0633. The Kier molecular flexibility index (Phi) is 5.39. The molecule has 3 aromatic rings. The number of fused-ring (bicyclic) bond motifs is 1. The Hall–Kier alpha value is -4.02. The Labute approximate surface area is 162 Å². The Morgan fingerprint density at radius 2 is 1.90 bits per heavy atom. The first-order valence-corrected chi connectivity index (χ1v) is 8.59. The molecule has 1 amide bonds. The summed E-state index contributed by atoms with van der Waals surface area (Å²) in [7, 11) is 0. The first-order valence-electron chi connectivity index (χ1n) is 8.59. The zero-order valence-corrected chi connectivity index (χ0v) is 15.3. The molecule has 1 aromatic heterocycles. The standard InChI is InChI=1S/C18H16N4O7/c1-11-4-5-12(9-15(11)22(27)28)19-17(23)3-2-8-20-14-7-6-13(21(25)26)10-16(14)29-18(20)24/h4-7,9-10H,2-3,8H2,1H3,(H,19,23). The van der Waals surface area contributed by atoms with Crippen LogP contribution < -0.4 is 11.1 Å².